The quantitative estimate of drug-likeness (QED) is 0.418. The van der Waals surface area contributed by atoms with Gasteiger partial charge in [-0.05, 0) is 42.5 Å². The van der Waals surface area contributed by atoms with Gasteiger partial charge in [0.1, 0.15) is 5.82 Å². The smallest absolute Gasteiger partial charge is 0.167 e. The van der Waals surface area contributed by atoms with E-state index in [0.29, 0.717) is 35.1 Å². The monoisotopic (exact) mass is 462 g/mol. The number of rotatable bonds is 8. The molecule has 0 aromatic heterocycles. The molecule has 0 saturated carbocycles. The highest BCUT2D eigenvalue weighted by molar-refractivity contribution is 6.01. The molecule has 1 atom stereocenters. The molecule has 7 heteroatoms. The molecule has 0 unspecified atom stereocenters. The highest BCUT2D eigenvalue weighted by atomic mass is 19.1. The van der Waals surface area contributed by atoms with Crippen molar-refractivity contribution >= 4 is 17.5 Å². The third-order valence-electron chi connectivity index (χ3n) is 5.69. The van der Waals surface area contributed by atoms with Crippen molar-refractivity contribution in [2.75, 3.05) is 33.4 Å². The molecule has 0 N–H and O–H groups in total. The van der Waals surface area contributed by atoms with Crippen LogP contribution >= 0.6 is 0 Å². The van der Waals surface area contributed by atoms with E-state index in [1.165, 1.54) is 12.1 Å². The lowest BCUT2D eigenvalue weighted by Gasteiger charge is -2.26. The van der Waals surface area contributed by atoms with Crippen molar-refractivity contribution in [2.24, 2.45) is 5.10 Å². The Morgan fingerprint density at radius 1 is 0.824 bits per heavy atom. The summed E-state index contributed by atoms with van der Waals surface area (Å²) in [5.74, 6) is 2.23. The number of hydrazone groups is 1. The molecule has 0 amide bonds. The number of ether oxygens (including phenoxy) is 4. The second-order valence-electron chi connectivity index (χ2n) is 7.63. The molecular formula is C27H27FN2O4. The summed E-state index contributed by atoms with van der Waals surface area (Å²) in [6.07, 6.45) is 4.47. The van der Waals surface area contributed by atoms with Gasteiger partial charge in [0, 0.05) is 17.5 Å². The molecule has 34 heavy (non-hydrogen) atoms. The molecule has 3 aromatic carbocycles. The number of methoxy groups -OCH3 is 4. The minimum absolute atomic E-state index is 0.210. The Morgan fingerprint density at radius 2 is 1.50 bits per heavy atom. The molecule has 6 nitrogen and oxygen atoms in total. The number of halogens is 1. The summed E-state index contributed by atoms with van der Waals surface area (Å²) >= 11 is 0. The van der Waals surface area contributed by atoms with Gasteiger partial charge in [-0.25, -0.2) is 4.39 Å². The number of allylic oxidation sites excluding steroid dienone is 1. The Hall–Kier alpha value is -4.00. The highest BCUT2D eigenvalue weighted by Crippen LogP contribution is 2.43. The van der Waals surface area contributed by atoms with Gasteiger partial charge in [0.05, 0.1) is 45.9 Å². The molecule has 0 bridgehead atoms. The van der Waals surface area contributed by atoms with Gasteiger partial charge in [0.2, 0.25) is 0 Å². The topological polar surface area (TPSA) is 52.5 Å². The van der Waals surface area contributed by atoms with Crippen LogP contribution in [0.25, 0.3) is 6.08 Å². The summed E-state index contributed by atoms with van der Waals surface area (Å²) in [6, 6.07) is 17.6. The number of nitrogens with zero attached hydrogens (tertiary/aromatic N) is 2. The van der Waals surface area contributed by atoms with Gasteiger partial charge in [-0.3, -0.25) is 5.01 Å². The minimum atomic E-state index is -0.325. The zero-order valence-corrected chi connectivity index (χ0v) is 19.6. The second kappa shape index (κ2) is 10.3. The van der Waals surface area contributed by atoms with Crippen LogP contribution in [0.5, 0.6) is 23.0 Å². The zero-order valence-electron chi connectivity index (χ0n) is 19.6. The van der Waals surface area contributed by atoms with E-state index in [0.717, 1.165) is 16.8 Å². The molecule has 3 aromatic rings. The maximum Gasteiger partial charge on any atom is 0.167 e. The first-order chi connectivity index (χ1) is 16.6. The predicted octanol–water partition coefficient (Wildman–Crippen LogP) is 5.88. The van der Waals surface area contributed by atoms with Gasteiger partial charge in [-0.15, -0.1) is 0 Å². The van der Waals surface area contributed by atoms with Crippen molar-refractivity contribution in [3.63, 3.8) is 0 Å². The standard InChI is InChI=1S/C27H27FN2O4/c1-31-24-12-5-8-18(26(24)33-3)14-15-20-17-23(22-11-7-13-25(32-2)27(22)34-4)30(29-20)21-10-6-9-19(28)16-21/h5-16,23H,17H2,1-4H3/b15-14+/t23-/m0/s1. The second-order valence-corrected chi connectivity index (χ2v) is 7.63. The molecule has 0 aliphatic carbocycles. The zero-order chi connectivity index (χ0) is 24.1. The fourth-order valence-corrected chi connectivity index (χ4v) is 4.14. The van der Waals surface area contributed by atoms with Crippen LogP contribution in [0.1, 0.15) is 23.6 Å². The van der Waals surface area contributed by atoms with Crippen molar-refractivity contribution in [1.29, 1.82) is 0 Å². The van der Waals surface area contributed by atoms with Gasteiger partial charge in [0.25, 0.3) is 0 Å². The van der Waals surface area contributed by atoms with Crippen LogP contribution in [0.3, 0.4) is 0 Å². The Bertz CT molecular complexity index is 1230. The summed E-state index contributed by atoms with van der Waals surface area (Å²) in [4.78, 5) is 0. The molecule has 1 aliphatic heterocycles. The van der Waals surface area contributed by atoms with Gasteiger partial charge >= 0.3 is 0 Å². The lowest BCUT2D eigenvalue weighted by molar-refractivity contribution is 0.349. The van der Waals surface area contributed by atoms with Crippen molar-refractivity contribution in [3.8, 4) is 23.0 Å². The van der Waals surface area contributed by atoms with Gasteiger partial charge in [-0.2, -0.15) is 5.10 Å². The molecule has 0 fully saturated rings. The average Bonchev–Trinajstić information content (AvgIpc) is 3.30. The van der Waals surface area contributed by atoms with Crippen LogP contribution in [0, 0.1) is 5.82 Å². The van der Waals surface area contributed by atoms with Crippen LogP contribution in [-0.2, 0) is 0 Å². The molecule has 4 rings (SSSR count). The molecule has 1 heterocycles. The third kappa shape index (κ3) is 4.55. The van der Waals surface area contributed by atoms with E-state index in [1.807, 2.05) is 59.6 Å². The van der Waals surface area contributed by atoms with E-state index in [9.17, 15) is 4.39 Å². The average molecular weight is 463 g/mol. The summed E-state index contributed by atoms with van der Waals surface area (Å²) in [7, 11) is 6.43. The first-order valence-electron chi connectivity index (χ1n) is 10.8. The van der Waals surface area contributed by atoms with Crippen molar-refractivity contribution in [1.82, 2.24) is 0 Å². The third-order valence-corrected chi connectivity index (χ3v) is 5.69. The van der Waals surface area contributed by atoms with Crippen LogP contribution in [0.15, 0.2) is 71.8 Å². The summed E-state index contributed by atoms with van der Waals surface area (Å²) in [5, 5.41) is 6.65. The maximum atomic E-state index is 14.1. The van der Waals surface area contributed by atoms with Crippen molar-refractivity contribution < 1.29 is 23.3 Å². The Morgan fingerprint density at radius 3 is 2.18 bits per heavy atom. The molecule has 176 valence electrons. The van der Waals surface area contributed by atoms with Crippen molar-refractivity contribution in [2.45, 2.75) is 12.5 Å². The van der Waals surface area contributed by atoms with E-state index in [1.54, 1.807) is 34.5 Å². The molecule has 0 saturated heterocycles. The Kier molecular flexibility index (Phi) is 7.01. The largest absolute Gasteiger partial charge is 0.493 e. The number of hydrogen-bond donors (Lipinski definition) is 0. The van der Waals surface area contributed by atoms with Gasteiger partial charge < -0.3 is 18.9 Å². The van der Waals surface area contributed by atoms with E-state index < -0.39 is 0 Å². The highest BCUT2D eigenvalue weighted by Gasteiger charge is 2.31. The minimum Gasteiger partial charge on any atom is -0.493 e. The number of hydrogen-bond acceptors (Lipinski definition) is 6. The van der Waals surface area contributed by atoms with E-state index in [4.69, 9.17) is 24.0 Å². The lowest BCUT2D eigenvalue weighted by Crippen LogP contribution is -2.19. The first kappa shape index (κ1) is 23.2. The number of anilines is 1. The van der Waals surface area contributed by atoms with E-state index in [-0.39, 0.29) is 11.9 Å². The van der Waals surface area contributed by atoms with Crippen LogP contribution < -0.4 is 24.0 Å². The number of benzene rings is 3. The molecule has 0 radical (unpaired) electrons. The summed E-state index contributed by atoms with van der Waals surface area (Å²) in [5.41, 5.74) is 3.24. The Balaban J connectivity index is 1.74. The SMILES string of the molecule is COc1cccc(/C=C/C2=NN(c3cccc(F)c3)[C@H](c3cccc(OC)c3OC)C2)c1OC. The van der Waals surface area contributed by atoms with Crippen LogP contribution in [-0.4, -0.2) is 34.2 Å². The lowest BCUT2D eigenvalue weighted by atomic mass is 9.99. The maximum absolute atomic E-state index is 14.1. The van der Waals surface area contributed by atoms with E-state index in [2.05, 4.69) is 0 Å². The Labute approximate surface area is 198 Å². The summed E-state index contributed by atoms with van der Waals surface area (Å²) < 4.78 is 36.2. The fourth-order valence-electron chi connectivity index (χ4n) is 4.14. The predicted molar refractivity (Wildman–Crippen MR) is 132 cm³/mol. The fraction of sp³-hybridized carbons (Fsp3) is 0.222. The van der Waals surface area contributed by atoms with E-state index >= 15 is 0 Å². The first-order valence-corrected chi connectivity index (χ1v) is 10.8. The van der Waals surface area contributed by atoms with Gasteiger partial charge in [0.15, 0.2) is 23.0 Å². The summed E-state index contributed by atoms with van der Waals surface area (Å²) in [6.45, 7) is 0. The normalized spacial score (nSPS) is 15.4. The molecular weight excluding hydrogens is 435 g/mol. The van der Waals surface area contributed by atoms with Gasteiger partial charge in [-0.1, -0.05) is 30.3 Å². The molecule has 0 spiro atoms. The molecule has 1 aliphatic rings. The van der Waals surface area contributed by atoms with Crippen LogP contribution in [0.2, 0.25) is 0 Å². The number of para-hydroxylation sites is 2. The van der Waals surface area contributed by atoms with Crippen molar-refractivity contribution in [3.05, 3.63) is 83.7 Å². The van der Waals surface area contributed by atoms with Crippen LogP contribution in [0.4, 0.5) is 10.1 Å².